The number of fused-ring (bicyclic) bond motifs is 3. The Bertz CT molecular complexity index is 888. The first-order valence-corrected chi connectivity index (χ1v) is 8.00. The van der Waals surface area contributed by atoms with Crippen LogP contribution in [0.2, 0.25) is 0 Å². The van der Waals surface area contributed by atoms with Crippen LogP contribution in [0.25, 0.3) is 21.7 Å². The normalized spacial score (nSPS) is 19.6. The third kappa shape index (κ3) is 2.25. The largest absolute Gasteiger partial charge is 0.494 e. The van der Waals surface area contributed by atoms with Gasteiger partial charge in [0.05, 0.1) is 16.7 Å². The Morgan fingerprint density at radius 1 is 0.870 bits per heavy atom. The number of nitrogens with zero attached hydrogens (tertiary/aromatic N) is 1. The minimum Gasteiger partial charge on any atom is -0.399 e. The monoisotopic (exact) mass is 305 g/mol. The van der Waals surface area contributed by atoms with E-state index in [-0.39, 0.29) is 18.3 Å². The molecule has 1 aliphatic heterocycles. The summed E-state index contributed by atoms with van der Waals surface area (Å²) in [5.74, 6) is 0. The molecule has 0 N–H and O–H groups in total. The van der Waals surface area contributed by atoms with Crippen LogP contribution < -0.4 is 5.46 Å². The van der Waals surface area contributed by atoms with Crippen molar-refractivity contribution in [1.29, 1.82) is 0 Å². The molecule has 0 unspecified atom stereocenters. The highest BCUT2D eigenvalue weighted by Gasteiger charge is 2.51. The summed E-state index contributed by atoms with van der Waals surface area (Å²) in [5, 5.41) is 3.53. The number of hydrogen-bond acceptors (Lipinski definition) is 3. The van der Waals surface area contributed by atoms with Crippen molar-refractivity contribution in [3.63, 3.8) is 0 Å². The predicted octanol–water partition coefficient (Wildman–Crippen LogP) is 3.69. The van der Waals surface area contributed by atoms with Crippen molar-refractivity contribution in [3.05, 3.63) is 48.7 Å². The molecular formula is C19H20BNO2. The van der Waals surface area contributed by atoms with Gasteiger partial charge in [0.1, 0.15) is 0 Å². The number of hydrogen-bond donors (Lipinski definition) is 0. The molecule has 2 heterocycles. The van der Waals surface area contributed by atoms with Crippen molar-refractivity contribution < 1.29 is 9.31 Å². The first kappa shape index (κ1) is 14.7. The summed E-state index contributed by atoms with van der Waals surface area (Å²) < 4.78 is 12.3. The maximum atomic E-state index is 6.14. The fraction of sp³-hybridized carbons (Fsp3) is 0.316. The van der Waals surface area contributed by atoms with E-state index >= 15 is 0 Å². The molecule has 0 aliphatic carbocycles. The molecule has 0 amide bonds. The molecule has 116 valence electrons. The number of rotatable bonds is 1. The Hall–Kier alpha value is -1.91. The van der Waals surface area contributed by atoms with Gasteiger partial charge in [0.25, 0.3) is 0 Å². The Kier molecular flexibility index (Phi) is 3.06. The van der Waals surface area contributed by atoms with Crippen molar-refractivity contribution in [1.82, 2.24) is 4.98 Å². The summed E-state index contributed by atoms with van der Waals surface area (Å²) in [6.07, 6.45) is 1.92. The van der Waals surface area contributed by atoms with Gasteiger partial charge in [-0.05, 0) is 44.6 Å². The van der Waals surface area contributed by atoms with E-state index in [1.807, 2.05) is 12.3 Å². The van der Waals surface area contributed by atoms with Gasteiger partial charge in [-0.3, -0.25) is 4.98 Å². The second-order valence-electron chi connectivity index (χ2n) is 7.21. The van der Waals surface area contributed by atoms with Crippen LogP contribution in [0.3, 0.4) is 0 Å². The van der Waals surface area contributed by atoms with E-state index in [1.165, 1.54) is 5.39 Å². The summed E-state index contributed by atoms with van der Waals surface area (Å²) in [5.41, 5.74) is 1.32. The smallest absolute Gasteiger partial charge is 0.399 e. The van der Waals surface area contributed by atoms with Gasteiger partial charge in [-0.25, -0.2) is 0 Å². The number of benzene rings is 2. The van der Waals surface area contributed by atoms with Gasteiger partial charge in [-0.15, -0.1) is 0 Å². The van der Waals surface area contributed by atoms with Crippen LogP contribution in [0.15, 0.2) is 48.7 Å². The fourth-order valence-corrected chi connectivity index (χ4v) is 3.00. The zero-order valence-electron chi connectivity index (χ0n) is 14.0. The summed E-state index contributed by atoms with van der Waals surface area (Å²) >= 11 is 0. The van der Waals surface area contributed by atoms with Crippen molar-refractivity contribution in [2.24, 2.45) is 0 Å². The molecule has 1 fully saturated rings. The van der Waals surface area contributed by atoms with E-state index < -0.39 is 0 Å². The van der Waals surface area contributed by atoms with Gasteiger partial charge in [-0.2, -0.15) is 0 Å². The Labute approximate surface area is 136 Å². The topological polar surface area (TPSA) is 31.4 Å². The first-order valence-electron chi connectivity index (χ1n) is 8.00. The summed E-state index contributed by atoms with van der Waals surface area (Å²) in [6.45, 7) is 8.28. The lowest BCUT2D eigenvalue weighted by molar-refractivity contribution is 0.00578. The van der Waals surface area contributed by atoms with Gasteiger partial charge in [-0.1, -0.05) is 36.4 Å². The quantitative estimate of drug-likeness (QED) is 0.507. The van der Waals surface area contributed by atoms with Crippen molar-refractivity contribution in [3.8, 4) is 0 Å². The van der Waals surface area contributed by atoms with Crippen LogP contribution in [0.4, 0.5) is 0 Å². The molecule has 4 rings (SSSR count). The molecule has 2 aromatic carbocycles. The van der Waals surface area contributed by atoms with E-state index in [1.54, 1.807) is 0 Å². The molecule has 0 bridgehead atoms. The van der Waals surface area contributed by atoms with E-state index in [0.29, 0.717) is 0 Å². The van der Waals surface area contributed by atoms with Crippen LogP contribution in [0.1, 0.15) is 27.7 Å². The third-order valence-corrected chi connectivity index (χ3v) is 5.14. The Balaban J connectivity index is 1.80. The molecule has 0 saturated carbocycles. The molecule has 0 atom stereocenters. The van der Waals surface area contributed by atoms with E-state index in [2.05, 4.69) is 69.1 Å². The van der Waals surface area contributed by atoms with Gasteiger partial charge < -0.3 is 9.31 Å². The van der Waals surface area contributed by atoms with Crippen LogP contribution >= 0.6 is 0 Å². The highest BCUT2D eigenvalue weighted by atomic mass is 16.7. The molecule has 0 spiro atoms. The van der Waals surface area contributed by atoms with Crippen LogP contribution in [-0.4, -0.2) is 23.3 Å². The average molecular weight is 305 g/mol. The summed E-state index contributed by atoms with van der Waals surface area (Å²) in [7, 11) is -0.349. The molecule has 1 aromatic heterocycles. The predicted molar refractivity (Wildman–Crippen MR) is 95.0 cm³/mol. The van der Waals surface area contributed by atoms with Crippen LogP contribution in [0.5, 0.6) is 0 Å². The minimum absolute atomic E-state index is 0.330. The van der Waals surface area contributed by atoms with Crippen molar-refractivity contribution in [2.45, 2.75) is 38.9 Å². The fourth-order valence-electron chi connectivity index (χ4n) is 3.00. The molecule has 23 heavy (non-hydrogen) atoms. The highest BCUT2D eigenvalue weighted by Crippen LogP contribution is 2.36. The molecule has 4 heteroatoms. The minimum atomic E-state index is -0.349. The van der Waals surface area contributed by atoms with E-state index in [0.717, 1.165) is 21.8 Å². The van der Waals surface area contributed by atoms with Gasteiger partial charge in [0.2, 0.25) is 0 Å². The van der Waals surface area contributed by atoms with Crippen LogP contribution in [0, 0.1) is 0 Å². The zero-order chi connectivity index (χ0) is 16.2. The van der Waals surface area contributed by atoms with Gasteiger partial charge >= 0.3 is 7.12 Å². The van der Waals surface area contributed by atoms with Crippen molar-refractivity contribution >= 4 is 34.3 Å². The van der Waals surface area contributed by atoms with Gasteiger partial charge in [0.15, 0.2) is 0 Å². The van der Waals surface area contributed by atoms with Crippen LogP contribution in [-0.2, 0) is 9.31 Å². The van der Waals surface area contributed by atoms with E-state index in [4.69, 9.17) is 9.31 Å². The second-order valence-corrected chi connectivity index (χ2v) is 7.21. The lowest BCUT2D eigenvalue weighted by Gasteiger charge is -2.32. The summed E-state index contributed by atoms with van der Waals surface area (Å²) in [6, 6.07) is 14.6. The molecular weight excluding hydrogens is 285 g/mol. The number of pyridine rings is 1. The lowest BCUT2D eigenvalue weighted by atomic mass is 9.78. The average Bonchev–Trinajstić information content (AvgIpc) is 2.75. The van der Waals surface area contributed by atoms with E-state index in [9.17, 15) is 0 Å². The molecule has 0 radical (unpaired) electrons. The van der Waals surface area contributed by atoms with Crippen molar-refractivity contribution in [2.75, 3.05) is 0 Å². The number of aromatic nitrogens is 1. The molecule has 1 saturated heterocycles. The SMILES string of the molecule is CC1(C)OB(c2ccc3c(c2)ncc2ccccc23)OC1(C)C. The Morgan fingerprint density at radius 2 is 1.57 bits per heavy atom. The molecule has 3 aromatic rings. The maximum Gasteiger partial charge on any atom is 0.494 e. The lowest BCUT2D eigenvalue weighted by Crippen LogP contribution is -2.41. The maximum absolute atomic E-state index is 6.14. The zero-order valence-corrected chi connectivity index (χ0v) is 14.0. The van der Waals surface area contributed by atoms with Gasteiger partial charge in [0, 0.05) is 17.0 Å². The Morgan fingerprint density at radius 3 is 2.30 bits per heavy atom. The second kappa shape index (κ2) is 4.79. The molecule has 3 nitrogen and oxygen atoms in total. The standard InChI is InChI=1S/C19H20BNO2/c1-18(2)19(3,4)23-20(22-18)14-9-10-16-15-8-6-5-7-13(15)12-21-17(16)11-14/h5-12H,1-4H3. The highest BCUT2D eigenvalue weighted by molar-refractivity contribution is 6.62. The third-order valence-electron chi connectivity index (χ3n) is 5.14. The summed E-state index contributed by atoms with van der Waals surface area (Å²) in [4.78, 5) is 4.60. The molecule has 1 aliphatic rings. The first-order chi connectivity index (χ1) is 10.9.